The first-order valence-corrected chi connectivity index (χ1v) is 5.28. The van der Waals surface area contributed by atoms with Crippen LogP contribution in [0, 0.1) is 12.3 Å². The van der Waals surface area contributed by atoms with E-state index in [0.29, 0.717) is 5.69 Å². The van der Waals surface area contributed by atoms with Crippen LogP contribution in [-0.2, 0) is 4.79 Å². The number of rotatable bonds is 2. The van der Waals surface area contributed by atoms with Crippen LogP contribution in [0.15, 0.2) is 18.2 Å². The van der Waals surface area contributed by atoms with Crippen molar-refractivity contribution in [2.75, 3.05) is 5.32 Å². The number of halogens is 6. The molecule has 1 aromatic heterocycles. The Balaban J connectivity index is 3.15. The molecule has 1 N–H and O–H groups in total. The summed E-state index contributed by atoms with van der Waals surface area (Å²) in [5.74, 6) is -2.61. The van der Waals surface area contributed by atoms with Gasteiger partial charge in [-0.1, -0.05) is 6.07 Å². The van der Waals surface area contributed by atoms with Crippen molar-refractivity contribution >= 4 is 11.7 Å². The van der Waals surface area contributed by atoms with Gasteiger partial charge in [-0.3, -0.25) is 4.79 Å². The summed E-state index contributed by atoms with van der Waals surface area (Å²) in [5.41, 5.74) is -4.17. The minimum Gasteiger partial charge on any atom is -0.310 e. The molecule has 0 spiro atoms. The summed E-state index contributed by atoms with van der Waals surface area (Å²) in [7, 11) is 0. The first-order valence-electron chi connectivity index (χ1n) is 5.28. The molecule has 0 saturated carbocycles. The summed E-state index contributed by atoms with van der Waals surface area (Å²) >= 11 is 0. The van der Waals surface area contributed by atoms with E-state index >= 15 is 0 Å². The van der Waals surface area contributed by atoms with Gasteiger partial charge in [0, 0.05) is 5.69 Å². The maximum absolute atomic E-state index is 12.6. The Labute approximate surface area is 110 Å². The van der Waals surface area contributed by atoms with Crippen molar-refractivity contribution in [2.45, 2.75) is 26.2 Å². The molecule has 0 aromatic carbocycles. The molecule has 1 amide bonds. The van der Waals surface area contributed by atoms with Crippen molar-refractivity contribution in [3.63, 3.8) is 0 Å². The molecule has 1 heterocycles. The lowest BCUT2D eigenvalue weighted by atomic mass is 9.87. The molecule has 20 heavy (non-hydrogen) atoms. The Bertz CT molecular complexity index is 494. The maximum Gasteiger partial charge on any atom is 0.411 e. The molecular weight excluding hydrogens is 290 g/mol. The molecule has 0 saturated heterocycles. The molecule has 1 rings (SSSR count). The number of nitrogens with zero attached hydrogens (tertiary/aromatic N) is 1. The van der Waals surface area contributed by atoms with Gasteiger partial charge < -0.3 is 5.32 Å². The summed E-state index contributed by atoms with van der Waals surface area (Å²) < 4.78 is 75.8. The number of aromatic nitrogens is 1. The van der Waals surface area contributed by atoms with Gasteiger partial charge in [-0.05, 0) is 26.0 Å². The van der Waals surface area contributed by atoms with E-state index in [4.69, 9.17) is 0 Å². The smallest absolute Gasteiger partial charge is 0.310 e. The fourth-order valence-electron chi connectivity index (χ4n) is 1.27. The van der Waals surface area contributed by atoms with Gasteiger partial charge in [0.05, 0.1) is 0 Å². The van der Waals surface area contributed by atoms with Crippen molar-refractivity contribution in [1.29, 1.82) is 0 Å². The highest BCUT2D eigenvalue weighted by atomic mass is 19.4. The van der Waals surface area contributed by atoms with Gasteiger partial charge in [-0.2, -0.15) is 26.3 Å². The zero-order valence-corrected chi connectivity index (χ0v) is 10.4. The highest BCUT2D eigenvalue weighted by Gasteiger charge is 2.72. The van der Waals surface area contributed by atoms with Crippen molar-refractivity contribution < 1.29 is 31.1 Å². The summed E-state index contributed by atoms with van der Waals surface area (Å²) in [5, 5.41) is 1.55. The zero-order valence-electron chi connectivity index (χ0n) is 10.4. The molecule has 0 fully saturated rings. The Kier molecular flexibility index (Phi) is 4.02. The molecule has 3 nitrogen and oxygen atoms in total. The van der Waals surface area contributed by atoms with Crippen LogP contribution in [0.25, 0.3) is 0 Å². The summed E-state index contributed by atoms with van der Waals surface area (Å²) in [6.45, 7) is 1.26. The number of amides is 1. The van der Waals surface area contributed by atoms with E-state index in [2.05, 4.69) is 4.98 Å². The summed E-state index contributed by atoms with van der Waals surface area (Å²) in [4.78, 5) is 15.1. The number of nitrogens with one attached hydrogen (secondary N) is 1. The van der Waals surface area contributed by atoms with Crippen LogP contribution in [0.2, 0.25) is 0 Å². The van der Waals surface area contributed by atoms with E-state index in [0.717, 1.165) is 6.07 Å². The Morgan fingerprint density at radius 1 is 1.10 bits per heavy atom. The molecule has 0 aliphatic rings. The van der Waals surface area contributed by atoms with Gasteiger partial charge in [0.2, 0.25) is 11.3 Å². The van der Waals surface area contributed by atoms with Gasteiger partial charge >= 0.3 is 12.4 Å². The minimum absolute atomic E-state index is 0.210. The molecule has 0 atom stereocenters. The van der Waals surface area contributed by atoms with Gasteiger partial charge in [0.25, 0.3) is 0 Å². The zero-order chi connectivity index (χ0) is 15.8. The molecule has 0 aliphatic heterocycles. The molecule has 112 valence electrons. The van der Waals surface area contributed by atoms with E-state index in [9.17, 15) is 31.1 Å². The van der Waals surface area contributed by atoms with E-state index < -0.39 is 23.7 Å². The monoisotopic (exact) mass is 300 g/mol. The number of hydrogen-bond acceptors (Lipinski definition) is 2. The van der Waals surface area contributed by atoms with Crippen LogP contribution in [0.3, 0.4) is 0 Å². The van der Waals surface area contributed by atoms with Crippen LogP contribution >= 0.6 is 0 Å². The summed E-state index contributed by atoms with van der Waals surface area (Å²) in [6, 6.07) is 3.91. The molecule has 0 unspecified atom stereocenters. The third-order valence-electron chi connectivity index (χ3n) is 2.72. The van der Waals surface area contributed by atoms with Gasteiger partial charge in [0.1, 0.15) is 5.82 Å². The van der Waals surface area contributed by atoms with E-state index in [-0.39, 0.29) is 12.7 Å². The first-order chi connectivity index (χ1) is 8.89. The normalized spacial score (nSPS) is 13.2. The van der Waals surface area contributed by atoms with E-state index in [1.807, 2.05) is 0 Å². The van der Waals surface area contributed by atoms with Crippen molar-refractivity contribution in [3.05, 3.63) is 23.9 Å². The standard InChI is InChI=1S/C11H10F6N2O/c1-6-4-3-5-7(18-6)19-8(20)9(2,10(12,13)14)11(15,16)17/h3-5H,1-2H3,(H,18,19,20). The van der Waals surface area contributed by atoms with Crippen molar-refractivity contribution in [2.24, 2.45) is 5.41 Å². The average Bonchev–Trinajstić information content (AvgIpc) is 2.24. The number of pyridine rings is 1. The number of aryl methyl sites for hydroxylation is 1. The minimum atomic E-state index is -5.78. The van der Waals surface area contributed by atoms with Gasteiger partial charge in [-0.15, -0.1) is 0 Å². The summed E-state index contributed by atoms with van der Waals surface area (Å²) in [6.07, 6.45) is -11.6. The second-order valence-corrected chi connectivity index (χ2v) is 4.24. The molecule has 0 bridgehead atoms. The molecule has 0 aliphatic carbocycles. The average molecular weight is 300 g/mol. The van der Waals surface area contributed by atoms with Crippen LogP contribution in [0.5, 0.6) is 0 Å². The van der Waals surface area contributed by atoms with Gasteiger partial charge in [0.15, 0.2) is 0 Å². The van der Waals surface area contributed by atoms with Crippen LogP contribution in [0.4, 0.5) is 32.2 Å². The third kappa shape index (κ3) is 2.86. The number of carbonyl (C=O) groups excluding carboxylic acids is 1. The van der Waals surface area contributed by atoms with Crippen molar-refractivity contribution in [3.8, 4) is 0 Å². The second kappa shape index (κ2) is 4.95. The topological polar surface area (TPSA) is 42.0 Å². The lowest BCUT2D eigenvalue weighted by molar-refractivity contribution is -0.317. The highest BCUT2D eigenvalue weighted by Crippen LogP contribution is 2.50. The van der Waals surface area contributed by atoms with Gasteiger partial charge in [-0.25, -0.2) is 4.98 Å². The third-order valence-corrected chi connectivity index (χ3v) is 2.72. The number of hydrogen-bond donors (Lipinski definition) is 1. The number of alkyl halides is 6. The maximum atomic E-state index is 12.6. The number of carbonyl (C=O) groups is 1. The van der Waals surface area contributed by atoms with Crippen LogP contribution in [-0.4, -0.2) is 23.2 Å². The fraction of sp³-hybridized carbons (Fsp3) is 0.455. The fourth-order valence-corrected chi connectivity index (χ4v) is 1.27. The SMILES string of the molecule is Cc1cccc(NC(=O)C(C)(C(F)(F)F)C(F)(F)F)n1. The first kappa shape index (κ1) is 16.3. The molecule has 0 radical (unpaired) electrons. The largest absolute Gasteiger partial charge is 0.411 e. The molecule has 1 aromatic rings. The Morgan fingerprint density at radius 3 is 2.00 bits per heavy atom. The van der Waals surface area contributed by atoms with Crippen LogP contribution in [0.1, 0.15) is 12.6 Å². The van der Waals surface area contributed by atoms with E-state index in [1.165, 1.54) is 19.1 Å². The van der Waals surface area contributed by atoms with E-state index in [1.54, 1.807) is 5.32 Å². The lowest BCUT2D eigenvalue weighted by Gasteiger charge is -2.32. The molecular formula is C11H10F6N2O. The predicted molar refractivity (Wildman–Crippen MR) is 57.8 cm³/mol. The lowest BCUT2D eigenvalue weighted by Crippen LogP contribution is -2.55. The van der Waals surface area contributed by atoms with Crippen molar-refractivity contribution in [1.82, 2.24) is 4.98 Å². The second-order valence-electron chi connectivity index (χ2n) is 4.24. The Morgan fingerprint density at radius 2 is 1.60 bits per heavy atom. The number of anilines is 1. The van der Waals surface area contributed by atoms with Crippen LogP contribution < -0.4 is 5.32 Å². The Hall–Kier alpha value is -1.80. The highest BCUT2D eigenvalue weighted by molar-refractivity contribution is 5.95. The molecule has 9 heteroatoms. The quantitative estimate of drug-likeness (QED) is 0.850. The predicted octanol–water partition coefficient (Wildman–Crippen LogP) is 3.46.